The average Bonchev–Trinajstić information content (AvgIpc) is 2.48. The Morgan fingerprint density at radius 1 is 1.18 bits per heavy atom. The fourth-order valence-electron chi connectivity index (χ4n) is 1.52. The fourth-order valence-corrected chi connectivity index (χ4v) is 1.52. The predicted molar refractivity (Wildman–Crippen MR) is 77.0 cm³/mol. The minimum Gasteiger partial charge on any atom is -0.462 e. The number of benzene rings is 1. The van der Waals surface area contributed by atoms with Crippen LogP contribution in [0.4, 0.5) is 8.78 Å². The molecule has 0 bridgehead atoms. The van der Waals surface area contributed by atoms with E-state index in [1.165, 1.54) is 0 Å². The molecule has 118 valence electrons. The van der Waals surface area contributed by atoms with E-state index in [0.29, 0.717) is 18.8 Å². The van der Waals surface area contributed by atoms with Gasteiger partial charge >= 0.3 is 11.9 Å². The van der Waals surface area contributed by atoms with Gasteiger partial charge in [0.25, 0.3) is 5.92 Å². The molecule has 1 rings (SSSR count). The summed E-state index contributed by atoms with van der Waals surface area (Å²) in [5.41, 5.74) is 1.28. The molecular weight excluding hydrogens is 293 g/mol. The molecule has 0 saturated carbocycles. The highest BCUT2D eigenvalue weighted by molar-refractivity contribution is 6.08. The van der Waals surface area contributed by atoms with Crippen LogP contribution in [-0.2, 0) is 20.6 Å². The topological polar surface area (TPSA) is 52.6 Å². The van der Waals surface area contributed by atoms with Gasteiger partial charge in [-0.15, -0.1) is 0 Å². The third kappa shape index (κ3) is 7.20. The molecule has 0 aliphatic carbocycles. The van der Waals surface area contributed by atoms with Gasteiger partial charge in [-0.05, 0) is 18.6 Å². The van der Waals surface area contributed by atoms with Gasteiger partial charge in [-0.3, -0.25) is 4.79 Å². The normalized spacial score (nSPS) is 11.0. The van der Waals surface area contributed by atoms with E-state index in [9.17, 15) is 18.4 Å². The summed E-state index contributed by atoms with van der Waals surface area (Å²) in [4.78, 5) is 22.8. The fraction of sp³-hybridized carbons (Fsp3) is 0.467. The molecule has 0 aliphatic heterocycles. The van der Waals surface area contributed by atoms with Crippen LogP contribution in [0.25, 0.3) is 0 Å². The van der Waals surface area contributed by atoms with Crippen molar-refractivity contribution in [3.05, 3.63) is 35.4 Å². The number of rotatable bonds is 8. The van der Waals surface area contributed by atoms with Crippen molar-refractivity contribution < 1.29 is 27.8 Å². The van der Waals surface area contributed by atoms with Crippen molar-refractivity contribution >= 4 is 19.8 Å². The smallest absolute Gasteiger partial charge is 0.338 e. The van der Waals surface area contributed by atoms with Crippen LogP contribution in [0.2, 0.25) is 0 Å². The number of carbonyl (C=O) groups excluding carboxylic acids is 2. The lowest BCUT2D eigenvalue weighted by atomic mass is 9.96. The van der Waals surface area contributed by atoms with Crippen molar-refractivity contribution in [3.63, 3.8) is 0 Å². The molecule has 0 aromatic heterocycles. The minimum absolute atomic E-state index is 0.00902. The first kappa shape index (κ1) is 18.1. The quantitative estimate of drug-likeness (QED) is 0.420. The summed E-state index contributed by atoms with van der Waals surface area (Å²) in [6, 6.07) is 6.64. The van der Waals surface area contributed by atoms with Gasteiger partial charge in [0, 0.05) is 13.3 Å². The zero-order valence-electron chi connectivity index (χ0n) is 12.3. The second kappa shape index (κ2) is 8.51. The summed E-state index contributed by atoms with van der Waals surface area (Å²) in [6.07, 6.45) is 0.504. The molecule has 0 N–H and O–H groups in total. The zero-order chi connectivity index (χ0) is 16.6. The van der Waals surface area contributed by atoms with Crippen LogP contribution in [0.3, 0.4) is 0 Å². The van der Waals surface area contributed by atoms with Crippen molar-refractivity contribution in [1.82, 2.24) is 0 Å². The first-order valence-electron chi connectivity index (χ1n) is 6.81. The van der Waals surface area contributed by atoms with Crippen molar-refractivity contribution in [2.75, 3.05) is 13.2 Å². The summed E-state index contributed by atoms with van der Waals surface area (Å²) in [7, 11) is 5.45. The third-order valence-electron chi connectivity index (χ3n) is 2.67. The van der Waals surface area contributed by atoms with E-state index in [2.05, 4.69) is 4.74 Å². The Bertz CT molecular complexity index is 497. The first-order chi connectivity index (χ1) is 10.3. The van der Waals surface area contributed by atoms with E-state index in [1.807, 2.05) is 0 Å². The van der Waals surface area contributed by atoms with E-state index in [0.717, 1.165) is 5.56 Å². The highest BCUT2D eigenvalue weighted by Crippen LogP contribution is 2.12. The summed E-state index contributed by atoms with van der Waals surface area (Å²) in [5.74, 6) is -4.31. The molecule has 7 heteroatoms. The van der Waals surface area contributed by atoms with Crippen LogP contribution in [0, 0.1) is 0 Å². The number of carbonyl (C=O) groups is 2. The highest BCUT2D eigenvalue weighted by atomic mass is 19.3. The number of halogens is 2. The van der Waals surface area contributed by atoms with Crippen LogP contribution in [0.1, 0.15) is 35.7 Å². The van der Waals surface area contributed by atoms with Crippen LogP contribution in [-0.4, -0.2) is 38.9 Å². The van der Waals surface area contributed by atoms with E-state index >= 15 is 0 Å². The van der Waals surface area contributed by atoms with E-state index in [1.54, 1.807) is 24.3 Å². The lowest BCUT2D eigenvalue weighted by Gasteiger charge is -2.10. The maximum Gasteiger partial charge on any atom is 0.338 e. The van der Waals surface area contributed by atoms with Crippen molar-refractivity contribution in [2.45, 2.75) is 32.0 Å². The molecule has 2 radical (unpaired) electrons. The molecule has 0 fully saturated rings. The molecule has 4 nitrogen and oxygen atoms in total. The number of hydrogen-bond acceptors (Lipinski definition) is 4. The van der Waals surface area contributed by atoms with E-state index < -0.39 is 24.5 Å². The Kier molecular flexibility index (Phi) is 7.01. The molecule has 0 aliphatic rings. The predicted octanol–water partition coefficient (Wildman–Crippen LogP) is 2.49. The summed E-state index contributed by atoms with van der Waals surface area (Å²) in [6.45, 7) is -0.272. The van der Waals surface area contributed by atoms with Gasteiger partial charge in [-0.25, -0.2) is 13.6 Å². The van der Waals surface area contributed by atoms with Crippen LogP contribution < -0.4 is 0 Å². The Morgan fingerprint density at radius 2 is 1.82 bits per heavy atom. The molecule has 0 atom stereocenters. The van der Waals surface area contributed by atoms with Gasteiger partial charge in [-0.2, -0.15) is 0 Å². The SMILES string of the molecule is [B]Cc1ccc(C(=O)OCCCC(=O)OCC(C)(F)F)cc1. The molecule has 1 aromatic carbocycles. The van der Waals surface area contributed by atoms with E-state index in [-0.39, 0.29) is 19.4 Å². The standard InChI is InChI=1S/C15H17BF2O4/c1-15(17,18)10-22-13(19)3-2-8-21-14(20)12-6-4-11(9-16)5-7-12/h4-7H,2-3,8-10H2,1H3. The summed E-state index contributed by atoms with van der Waals surface area (Å²) >= 11 is 0. The lowest BCUT2D eigenvalue weighted by Crippen LogP contribution is -2.21. The average molecular weight is 310 g/mol. The Labute approximate surface area is 129 Å². The Balaban J connectivity index is 2.23. The van der Waals surface area contributed by atoms with Gasteiger partial charge in [0.05, 0.1) is 20.0 Å². The molecule has 1 aromatic rings. The number of esters is 2. The lowest BCUT2D eigenvalue weighted by molar-refractivity contribution is -0.153. The maximum atomic E-state index is 12.5. The summed E-state index contributed by atoms with van der Waals surface area (Å²) in [5, 5.41) is 0. The molecule has 0 heterocycles. The van der Waals surface area contributed by atoms with Crippen LogP contribution >= 0.6 is 0 Å². The molecule has 0 amide bonds. The molecule has 0 saturated heterocycles. The molecule has 0 spiro atoms. The van der Waals surface area contributed by atoms with Gasteiger partial charge < -0.3 is 9.47 Å². The Morgan fingerprint density at radius 3 is 2.36 bits per heavy atom. The highest BCUT2D eigenvalue weighted by Gasteiger charge is 2.23. The van der Waals surface area contributed by atoms with Gasteiger partial charge in [0.1, 0.15) is 0 Å². The van der Waals surface area contributed by atoms with Crippen LogP contribution in [0.5, 0.6) is 0 Å². The third-order valence-corrected chi connectivity index (χ3v) is 2.67. The molecule has 22 heavy (non-hydrogen) atoms. The molecular formula is C15H17BF2O4. The zero-order valence-corrected chi connectivity index (χ0v) is 12.3. The maximum absolute atomic E-state index is 12.5. The number of ether oxygens (including phenoxy) is 2. The van der Waals surface area contributed by atoms with Gasteiger partial charge in [-0.1, -0.05) is 24.0 Å². The second-order valence-electron chi connectivity index (χ2n) is 4.87. The van der Waals surface area contributed by atoms with Crippen molar-refractivity contribution in [2.24, 2.45) is 0 Å². The Hall–Kier alpha value is -1.92. The van der Waals surface area contributed by atoms with Gasteiger partial charge in [0.2, 0.25) is 0 Å². The van der Waals surface area contributed by atoms with Crippen LogP contribution in [0.15, 0.2) is 24.3 Å². The van der Waals surface area contributed by atoms with Crippen molar-refractivity contribution in [3.8, 4) is 0 Å². The monoisotopic (exact) mass is 310 g/mol. The first-order valence-corrected chi connectivity index (χ1v) is 6.81. The number of alkyl halides is 2. The largest absolute Gasteiger partial charge is 0.462 e. The molecule has 0 unspecified atom stereocenters. The summed E-state index contributed by atoms with van der Waals surface area (Å²) < 4.78 is 34.3. The second-order valence-corrected chi connectivity index (χ2v) is 4.87. The minimum atomic E-state index is -3.04. The number of hydrogen-bond donors (Lipinski definition) is 0. The van der Waals surface area contributed by atoms with Gasteiger partial charge in [0.15, 0.2) is 6.61 Å². The van der Waals surface area contributed by atoms with Crippen molar-refractivity contribution in [1.29, 1.82) is 0 Å². The van der Waals surface area contributed by atoms with E-state index in [4.69, 9.17) is 12.6 Å².